The van der Waals surface area contributed by atoms with E-state index in [2.05, 4.69) is 27.7 Å². The fraction of sp³-hybridized carbons (Fsp3) is 0.700. The molecule has 1 aromatic rings. The summed E-state index contributed by atoms with van der Waals surface area (Å²) in [4.78, 5) is 15.5. The van der Waals surface area contributed by atoms with E-state index < -0.39 is 0 Å². The van der Waals surface area contributed by atoms with Crippen LogP contribution >= 0.6 is 0 Å². The quantitative estimate of drug-likeness (QED) is 0.686. The van der Waals surface area contributed by atoms with Crippen LogP contribution in [0.25, 0.3) is 0 Å². The van der Waals surface area contributed by atoms with E-state index in [1.54, 1.807) is 0 Å². The van der Waals surface area contributed by atoms with E-state index in [0.717, 1.165) is 25.8 Å². The number of nitrogens with one attached hydrogen (secondary N) is 2. The van der Waals surface area contributed by atoms with E-state index in [1.165, 1.54) is 0 Å². The van der Waals surface area contributed by atoms with E-state index in [4.69, 9.17) is 4.52 Å². The molecule has 1 aromatic heterocycles. The number of hydrogen-bond donors (Lipinski definition) is 2. The van der Waals surface area contributed by atoms with Gasteiger partial charge in [-0.25, -0.2) is 0 Å². The Bertz CT molecular complexity index is 359. The predicted molar refractivity (Wildman–Crippen MR) is 56.8 cm³/mol. The number of rotatable bonds is 6. The lowest BCUT2D eigenvalue weighted by atomic mass is 10.4. The summed E-state index contributed by atoms with van der Waals surface area (Å²) in [7, 11) is 0. The second-order valence-electron chi connectivity index (χ2n) is 3.94. The highest BCUT2D eigenvalue weighted by Crippen LogP contribution is 2.18. The van der Waals surface area contributed by atoms with Gasteiger partial charge < -0.3 is 15.2 Å². The molecule has 0 atom stereocenters. The maximum Gasteiger partial charge on any atom is 0.292 e. The van der Waals surface area contributed by atoms with Crippen molar-refractivity contribution in [3.05, 3.63) is 11.7 Å². The topological polar surface area (TPSA) is 80.0 Å². The van der Waals surface area contributed by atoms with Crippen molar-refractivity contribution in [3.8, 4) is 0 Å². The molecule has 0 aliphatic heterocycles. The van der Waals surface area contributed by atoms with Gasteiger partial charge in [-0.3, -0.25) is 4.79 Å². The van der Waals surface area contributed by atoms with E-state index in [9.17, 15) is 4.79 Å². The van der Waals surface area contributed by atoms with Gasteiger partial charge in [0, 0.05) is 6.04 Å². The van der Waals surface area contributed by atoms with Crippen molar-refractivity contribution in [3.63, 3.8) is 0 Å². The average Bonchev–Trinajstić information content (AvgIpc) is 2.95. The number of carbonyl (C=O) groups excluding carboxylic acids is 1. The number of hydrogen-bond acceptors (Lipinski definition) is 5. The summed E-state index contributed by atoms with van der Waals surface area (Å²) in [6, 6.07) is 0.313. The Labute approximate surface area is 93.8 Å². The summed E-state index contributed by atoms with van der Waals surface area (Å²) in [6.45, 7) is 3.48. The summed E-state index contributed by atoms with van der Waals surface area (Å²) in [5.74, 6) is 0.336. The second-order valence-corrected chi connectivity index (χ2v) is 3.94. The lowest BCUT2D eigenvalue weighted by molar-refractivity contribution is 0.0937. The van der Waals surface area contributed by atoms with Gasteiger partial charge in [-0.2, -0.15) is 4.98 Å². The third-order valence-electron chi connectivity index (χ3n) is 2.29. The van der Waals surface area contributed by atoms with Crippen molar-refractivity contribution in [2.45, 2.75) is 38.8 Å². The largest absolute Gasteiger partial charge is 0.346 e. The molecule has 1 amide bonds. The molecule has 0 spiro atoms. The molecular formula is C10H16N4O2. The van der Waals surface area contributed by atoms with Gasteiger partial charge in [0.1, 0.15) is 0 Å². The highest BCUT2D eigenvalue weighted by Gasteiger charge is 2.25. The molecule has 6 heteroatoms. The number of amides is 1. The Hall–Kier alpha value is -1.43. The van der Waals surface area contributed by atoms with Crippen molar-refractivity contribution in [2.24, 2.45) is 0 Å². The maximum atomic E-state index is 11.5. The normalized spacial score (nSPS) is 15.1. The molecule has 1 aliphatic rings. The molecule has 88 valence electrons. The molecule has 0 aromatic carbocycles. The van der Waals surface area contributed by atoms with Crippen LogP contribution in [-0.4, -0.2) is 28.6 Å². The molecule has 0 unspecified atom stereocenters. The van der Waals surface area contributed by atoms with Gasteiger partial charge in [0.2, 0.25) is 5.89 Å². The summed E-state index contributed by atoms with van der Waals surface area (Å²) >= 11 is 0. The summed E-state index contributed by atoms with van der Waals surface area (Å²) in [5, 5.41) is 9.57. The third kappa shape index (κ3) is 3.03. The highest BCUT2D eigenvalue weighted by molar-refractivity contribution is 5.90. The van der Waals surface area contributed by atoms with Crippen molar-refractivity contribution >= 4 is 5.91 Å². The number of carbonyl (C=O) groups is 1. The van der Waals surface area contributed by atoms with Gasteiger partial charge in [-0.1, -0.05) is 12.1 Å². The first-order chi connectivity index (χ1) is 7.79. The molecular weight excluding hydrogens is 208 g/mol. The van der Waals surface area contributed by atoms with Crippen molar-refractivity contribution in [1.29, 1.82) is 0 Å². The van der Waals surface area contributed by atoms with Crippen LogP contribution in [-0.2, 0) is 6.54 Å². The van der Waals surface area contributed by atoms with Crippen LogP contribution in [0.3, 0.4) is 0 Å². The van der Waals surface area contributed by atoms with Crippen LogP contribution in [0.4, 0.5) is 0 Å². The van der Waals surface area contributed by atoms with Gasteiger partial charge >= 0.3 is 0 Å². The molecule has 0 radical (unpaired) electrons. The van der Waals surface area contributed by atoms with Crippen LogP contribution < -0.4 is 10.6 Å². The Morgan fingerprint density at radius 1 is 1.56 bits per heavy atom. The van der Waals surface area contributed by atoms with Crippen molar-refractivity contribution < 1.29 is 9.32 Å². The minimum atomic E-state index is -0.243. The third-order valence-corrected chi connectivity index (χ3v) is 2.29. The Balaban J connectivity index is 1.83. The molecule has 16 heavy (non-hydrogen) atoms. The van der Waals surface area contributed by atoms with Crippen molar-refractivity contribution in [2.75, 3.05) is 6.54 Å². The predicted octanol–water partition coefficient (Wildman–Crippen LogP) is 0.461. The minimum Gasteiger partial charge on any atom is -0.346 e. The summed E-state index contributed by atoms with van der Waals surface area (Å²) < 4.78 is 4.95. The van der Waals surface area contributed by atoms with Crippen molar-refractivity contribution in [1.82, 2.24) is 20.8 Å². The molecule has 1 saturated carbocycles. The standard InChI is InChI=1S/C10H16N4O2/c1-2-5-11-6-8-13-9(14-16-8)10(15)12-7-3-4-7/h7,11H,2-6H2,1H3,(H,12,15). The van der Waals surface area contributed by atoms with E-state index in [1.807, 2.05) is 0 Å². The smallest absolute Gasteiger partial charge is 0.292 e. The second kappa shape index (κ2) is 5.07. The lowest BCUT2D eigenvalue weighted by Crippen LogP contribution is -2.26. The summed E-state index contributed by atoms with van der Waals surface area (Å²) in [5.41, 5.74) is 0. The Kier molecular flexibility index (Phi) is 3.51. The van der Waals surface area contributed by atoms with Crippen LogP contribution in [0.1, 0.15) is 42.7 Å². The van der Waals surface area contributed by atoms with E-state index in [0.29, 0.717) is 18.5 Å². The van der Waals surface area contributed by atoms with Crippen LogP contribution in [0.5, 0.6) is 0 Å². The van der Waals surface area contributed by atoms with E-state index in [-0.39, 0.29) is 11.7 Å². The summed E-state index contributed by atoms with van der Waals surface area (Å²) in [6.07, 6.45) is 3.15. The monoisotopic (exact) mass is 224 g/mol. The molecule has 2 rings (SSSR count). The molecule has 1 fully saturated rings. The molecule has 2 N–H and O–H groups in total. The fourth-order valence-electron chi connectivity index (χ4n) is 1.27. The Morgan fingerprint density at radius 2 is 2.38 bits per heavy atom. The average molecular weight is 224 g/mol. The Morgan fingerprint density at radius 3 is 3.06 bits per heavy atom. The molecule has 6 nitrogen and oxygen atoms in total. The molecule has 1 heterocycles. The fourth-order valence-corrected chi connectivity index (χ4v) is 1.27. The zero-order valence-electron chi connectivity index (χ0n) is 9.32. The number of nitrogens with zero attached hydrogens (tertiary/aromatic N) is 2. The number of aromatic nitrogens is 2. The molecule has 0 saturated heterocycles. The molecule has 1 aliphatic carbocycles. The van der Waals surface area contributed by atoms with Gasteiger partial charge in [0.05, 0.1) is 6.54 Å². The SMILES string of the molecule is CCCNCc1nc(C(=O)NC2CC2)no1. The maximum absolute atomic E-state index is 11.5. The van der Waals surface area contributed by atoms with Crippen LogP contribution in [0, 0.1) is 0 Å². The van der Waals surface area contributed by atoms with Crippen LogP contribution in [0.2, 0.25) is 0 Å². The van der Waals surface area contributed by atoms with Gasteiger partial charge in [0.25, 0.3) is 11.7 Å². The zero-order valence-corrected chi connectivity index (χ0v) is 9.32. The highest BCUT2D eigenvalue weighted by atomic mass is 16.5. The minimum absolute atomic E-state index is 0.125. The lowest BCUT2D eigenvalue weighted by Gasteiger charge is -1.96. The first-order valence-corrected chi connectivity index (χ1v) is 5.63. The van der Waals surface area contributed by atoms with Gasteiger partial charge in [-0.15, -0.1) is 0 Å². The van der Waals surface area contributed by atoms with Crippen LogP contribution in [0.15, 0.2) is 4.52 Å². The first kappa shape index (κ1) is 11.1. The molecule has 0 bridgehead atoms. The van der Waals surface area contributed by atoms with E-state index >= 15 is 0 Å². The first-order valence-electron chi connectivity index (χ1n) is 5.63. The zero-order chi connectivity index (χ0) is 11.4. The van der Waals surface area contributed by atoms with Gasteiger partial charge in [0.15, 0.2) is 0 Å². The van der Waals surface area contributed by atoms with Gasteiger partial charge in [-0.05, 0) is 25.8 Å².